The summed E-state index contributed by atoms with van der Waals surface area (Å²) in [7, 11) is 0. The average molecular weight is 461 g/mol. The molecule has 0 aromatic heterocycles. The number of carbonyl (C=O) groups is 1. The molecule has 0 aromatic rings. The van der Waals surface area contributed by atoms with Crippen LogP contribution in [0.25, 0.3) is 0 Å². The third-order valence-corrected chi connectivity index (χ3v) is 13.5. The van der Waals surface area contributed by atoms with Crippen molar-refractivity contribution in [3.63, 3.8) is 0 Å². The molecule has 5 saturated carbocycles. The maximum atomic E-state index is 12.8. The van der Waals surface area contributed by atoms with Crippen molar-refractivity contribution < 1.29 is 20.1 Å². The Morgan fingerprint density at radius 1 is 0.788 bits per heavy atom. The van der Waals surface area contributed by atoms with Gasteiger partial charge in [-0.2, -0.15) is 0 Å². The second kappa shape index (κ2) is 7.29. The zero-order chi connectivity index (χ0) is 24.2. The van der Waals surface area contributed by atoms with Gasteiger partial charge in [0.2, 0.25) is 0 Å². The van der Waals surface area contributed by atoms with E-state index in [9.17, 15) is 20.1 Å². The molecule has 0 radical (unpaired) electrons. The molecule has 4 heteroatoms. The summed E-state index contributed by atoms with van der Waals surface area (Å²) in [6, 6.07) is 0. The first kappa shape index (κ1) is 24.3. The maximum absolute atomic E-state index is 12.8. The minimum atomic E-state index is -1.32. The van der Waals surface area contributed by atoms with Gasteiger partial charge in [0.25, 0.3) is 0 Å². The molecule has 5 aliphatic carbocycles. The lowest BCUT2D eigenvalue weighted by Crippen LogP contribution is -2.67. The van der Waals surface area contributed by atoms with Gasteiger partial charge in [-0.15, -0.1) is 0 Å². The normalized spacial score (nSPS) is 55.3. The summed E-state index contributed by atoms with van der Waals surface area (Å²) in [4.78, 5) is 12.8. The van der Waals surface area contributed by atoms with Crippen molar-refractivity contribution in [3.05, 3.63) is 0 Å². The van der Waals surface area contributed by atoms with Gasteiger partial charge < -0.3 is 15.3 Å². The number of carbonyl (C=O) groups excluding carboxylic acids is 1. The summed E-state index contributed by atoms with van der Waals surface area (Å²) in [5.74, 6) is 1.88. The molecule has 0 spiro atoms. The smallest absolute Gasteiger partial charge is 0.157 e. The predicted octanol–water partition coefficient (Wildman–Crippen LogP) is 5.33. The third-order valence-electron chi connectivity index (χ3n) is 13.5. The lowest BCUT2D eigenvalue weighted by molar-refractivity contribution is -0.266. The molecule has 10 atom stereocenters. The molecule has 188 valence electrons. The van der Waals surface area contributed by atoms with Crippen molar-refractivity contribution in [2.75, 3.05) is 0 Å². The van der Waals surface area contributed by atoms with Crippen LogP contribution >= 0.6 is 0 Å². The minimum absolute atomic E-state index is 0.0211. The molecule has 4 nitrogen and oxygen atoms in total. The van der Waals surface area contributed by atoms with Crippen LogP contribution in [0, 0.1) is 56.7 Å². The second-order valence-electron chi connectivity index (χ2n) is 14.4. The Bertz CT molecular complexity index is 820. The highest BCUT2D eigenvalue weighted by Gasteiger charge is 2.71. The molecule has 3 N–H and O–H groups in total. The average Bonchev–Trinajstić information content (AvgIpc) is 3.13. The minimum Gasteiger partial charge on any atom is -0.393 e. The number of fused-ring (bicyclic) bond motifs is 7. The first-order valence-electron chi connectivity index (χ1n) is 13.8. The van der Waals surface area contributed by atoms with Gasteiger partial charge in [0, 0.05) is 11.3 Å². The summed E-state index contributed by atoms with van der Waals surface area (Å²) in [5.41, 5.74) is 0.00730. The zero-order valence-corrected chi connectivity index (χ0v) is 21.9. The molecule has 5 fully saturated rings. The third kappa shape index (κ3) is 2.84. The lowest BCUT2D eigenvalue weighted by atomic mass is 9.32. The van der Waals surface area contributed by atoms with E-state index in [1.54, 1.807) is 6.92 Å². The molecular weight excluding hydrogens is 412 g/mol. The number of aliphatic hydroxyl groups excluding tert-OH is 2. The Hall–Kier alpha value is -0.450. The number of Topliss-reactive ketones (excluding diaryl/α,β-unsaturated/α-hetero) is 1. The Labute approximate surface area is 200 Å². The van der Waals surface area contributed by atoms with Gasteiger partial charge >= 0.3 is 0 Å². The Morgan fingerprint density at radius 3 is 2.12 bits per heavy atom. The first-order chi connectivity index (χ1) is 15.3. The van der Waals surface area contributed by atoms with Gasteiger partial charge in [-0.25, -0.2) is 0 Å². The fraction of sp³-hybridized carbons (Fsp3) is 0.966. The van der Waals surface area contributed by atoms with Crippen LogP contribution in [-0.4, -0.2) is 33.5 Å². The number of aliphatic hydroxyl groups is 3. The van der Waals surface area contributed by atoms with Crippen LogP contribution in [0.2, 0.25) is 0 Å². The number of hydrogen-bond donors (Lipinski definition) is 3. The molecule has 0 saturated heterocycles. The molecule has 0 amide bonds. The van der Waals surface area contributed by atoms with E-state index < -0.39 is 11.7 Å². The largest absolute Gasteiger partial charge is 0.393 e. The van der Waals surface area contributed by atoms with E-state index in [-0.39, 0.29) is 45.4 Å². The van der Waals surface area contributed by atoms with Crippen molar-refractivity contribution in [1.29, 1.82) is 0 Å². The van der Waals surface area contributed by atoms with Crippen LogP contribution in [0.15, 0.2) is 0 Å². The van der Waals surface area contributed by atoms with Crippen molar-refractivity contribution in [1.82, 2.24) is 0 Å². The fourth-order valence-corrected chi connectivity index (χ4v) is 11.5. The van der Waals surface area contributed by atoms with Gasteiger partial charge in [0.1, 0.15) is 5.78 Å². The Balaban J connectivity index is 1.56. The summed E-state index contributed by atoms with van der Waals surface area (Å²) in [5, 5.41) is 32.1. The summed E-state index contributed by atoms with van der Waals surface area (Å²) >= 11 is 0. The topological polar surface area (TPSA) is 77.8 Å². The number of hydrogen-bond acceptors (Lipinski definition) is 4. The van der Waals surface area contributed by atoms with Crippen LogP contribution in [0.4, 0.5) is 0 Å². The number of rotatable bonds is 2. The van der Waals surface area contributed by atoms with Gasteiger partial charge in [-0.05, 0) is 116 Å². The van der Waals surface area contributed by atoms with E-state index >= 15 is 0 Å². The van der Waals surface area contributed by atoms with E-state index in [1.807, 2.05) is 0 Å². The molecule has 0 aromatic carbocycles. The molecule has 0 bridgehead atoms. The molecule has 5 rings (SSSR count). The quantitative estimate of drug-likeness (QED) is 0.487. The van der Waals surface area contributed by atoms with Crippen LogP contribution in [0.1, 0.15) is 106 Å². The molecule has 0 heterocycles. The van der Waals surface area contributed by atoms with Crippen molar-refractivity contribution in [2.45, 2.75) is 118 Å². The zero-order valence-electron chi connectivity index (χ0n) is 21.9. The van der Waals surface area contributed by atoms with Crippen molar-refractivity contribution >= 4 is 5.78 Å². The first-order valence-corrected chi connectivity index (χ1v) is 13.8. The summed E-state index contributed by atoms with van der Waals surface area (Å²) in [6.45, 7) is 13.9. The highest BCUT2D eigenvalue weighted by atomic mass is 16.5. The second-order valence-corrected chi connectivity index (χ2v) is 14.4. The van der Waals surface area contributed by atoms with Gasteiger partial charge in [-0.3, -0.25) is 4.79 Å². The standard InChI is InChI=1S/C29H48O4/c1-17(30)18-9-14-29(24(32)33)16-15-27(5)19(23(18)29)7-8-21-26(4)12-11-22(31)25(2,3)20(26)10-13-28(21,27)6/h18-24,31-33H,7-16H2,1-6H3/t18-,19?,20?,21?,22-,23?,26?,27+,28?,29-/m0/s1. The van der Waals surface area contributed by atoms with Crippen LogP contribution in [0.3, 0.4) is 0 Å². The van der Waals surface area contributed by atoms with Gasteiger partial charge in [-0.1, -0.05) is 34.6 Å². The van der Waals surface area contributed by atoms with Gasteiger partial charge in [0.15, 0.2) is 6.29 Å². The highest BCUT2D eigenvalue weighted by Crippen LogP contribution is 2.77. The van der Waals surface area contributed by atoms with E-state index in [1.165, 1.54) is 19.3 Å². The molecule has 5 aliphatic rings. The Morgan fingerprint density at radius 2 is 1.48 bits per heavy atom. The summed E-state index contributed by atoms with van der Waals surface area (Å²) < 4.78 is 0. The molecule has 33 heavy (non-hydrogen) atoms. The van der Waals surface area contributed by atoms with E-state index in [0.29, 0.717) is 17.8 Å². The monoisotopic (exact) mass is 460 g/mol. The molecule has 6 unspecified atom stereocenters. The van der Waals surface area contributed by atoms with E-state index in [0.717, 1.165) is 44.9 Å². The molecule has 0 aliphatic heterocycles. The van der Waals surface area contributed by atoms with Crippen LogP contribution < -0.4 is 0 Å². The molecular formula is C29H48O4. The van der Waals surface area contributed by atoms with Gasteiger partial charge in [0.05, 0.1) is 6.10 Å². The number of ketones is 1. The maximum Gasteiger partial charge on any atom is 0.157 e. The van der Waals surface area contributed by atoms with Crippen molar-refractivity contribution in [3.8, 4) is 0 Å². The Kier molecular flexibility index (Phi) is 5.36. The fourth-order valence-electron chi connectivity index (χ4n) is 11.5. The van der Waals surface area contributed by atoms with E-state index in [4.69, 9.17) is 0 Å². The SMILES string of the molecule is CC(=O)[C@@H]1CC[C@]2(C(O)O)CC[C@]3(C)C(CCC4C5(C)CC[C@H](O)C(C)(C)C5CCC43C)C12. The lowest BCUT2D eigenvalue weighted by Gasteiger charge is -2.73. The van der Waals surface area contributed by atoms with E-state index in [2.05, 4.69) is 34.6 Å². The highest BCUT2D eigenvalue weighted by molar-refractivity contribution is 5.79. The van der Waals surface area contributed by atoms with Crippen LogP contribution in [0.5, 0.6) is 0 Å². The van der Waals surface area contributed by atoms with Crippen molar-refractivity contribution in [2.24, 2.45) is 56.7 Å². The predicted molar refractivity (Wildman–Crippen MR) is 129 cm³/mol. The van der Waals surface area contributed by atoms with Crippen LogP contribution in [-0.2, 0) is 4.79 Å². The summed E-state index contributed by atoms with van der Waals surface area (Å²) in [6.07, 6.45) is 8.59.